The average Bonchev–Trinajstić information content (AvgIpc) is 2.42. The molecule has 0 fully saturated rings. The molecule has 0 aliphatic heterocycles. The molecule has 0 N–H and O–H groups in total. The molecule has 0 saturated carbocycles. The van der Waals surface area contributed by atoms with Gasteiger partial charge in [-0.25, -0.2) is 0 Å². The first-order valence-corrected chi connectivity index (χ1v) is 7.37. The number of aryl methyl sites for hydroxylation is 1. The van der Waals surface area contributed by atoms with Crippen molar-refractivity contribution in [2.75, 3.05) is 11.4 Å². The molecule has 0 atom stereocenters. The quantitative estimate of drug-likeness (QED) is 0.715. The molecule has 94 valence electrons. The van der Waals surface area contributed by atoms with Gasteiger partial charge in [-0.1, -0.05) is 52.3 Å². The van der Waals surface area contributed by atoms with Crippen molar-refractivity contribution in [2.45, 2.75) is 19.2 Å². The Morgan fingerprint density at radius 1 is 0.944 bits per heavy atom. The minimum Gasteiger partial charge on any atom is -0.341 e. The maximum Gasteiger partial charge on any atom is 0.0451 e. The average molecular weight is 304 g/mol. The summed E-state index contributed by atoms with van der Waals surface area (Å²) in [5.41, 5.74) is 5.20. The van der Waals surface area contributed by atoms with Crippen molar-refractivity contribution in [3.8, 4) is 0 Å². The van der Waals surface area contributed by atoms with Gasteiger partial charge in [-0.15, -0.1) is 0 Å². The minimum atomic E-state index is 0.881. The first kappa shape index (κ1) is 13.2. The molecule has 0 amide bonds. The van der Waals surface area contributed by atoms with E-state index >= 15 is 0 Å². The summed E-state index contributed by atoms with van der Waals surface area (Å²) >= 11 is 3.57. The number of rotatable bonds is 4. The molecule has 0 bridgehead atoms. The van der Waals surface area contributed by atoms with Crippen molar-refractivity contribution in [3.05, 3.63) is 59.7 Å². The molecule has 2 rings (SSSR count). The van der Waals surface area contributed by atoms with Crippen molar-refractivity contribution >= 4 is 27.3 Å². The maximum absolute atomic E-state index is 3.57. The van der Waals surface area contributed by atoms with Crippen molar-refractivity contribution in [1.29, 1.82) is 0 Å². The number of anilines is 2. The molecule has 1 nitrogen and oxygen atoms in total. The first-order valence-electron chi connectivity index (χ1n) is 6.25. The van der Waals surface area contributed by atoms with E-state index in [4.69, 9.17) is 0 Å². The van der Waals surface area contributed by atoms with E-state index in [0.717, 1.165) is 11.9 Å². The Hall–Kier alpha value is -1.28. The summed E-state index contributed by atoms with van der Waals surface area (Å²) in [7, 11) is 0. The van der Waals surface area contributed by atoms with Gasteiger partial charge in [0.05, 0.1) is 0 Å². The molecule has 0 saturated heterocycles. The summed E-state index contributed by atoms with van der Waals surface area (Å²) in [6.45, 7) is 5.32. The molecule has 0 aromatic heterocycles. The van der Waals surface area contributed by atoms with Crippen LogP contribution < -0.4 is 4.90 Å². The van der Waals surface area contributed by atoms with Gasteiger partial charge in [0.25, 0.3) is 0 Å². The van der Waals surface area contributed by atoms with Gasteiger partial charge in [-0.05, 0) is 37.1 Å². The minimum absolute atomic E-state index is 0.881. The molecule has 0 aliphatic rings. The predicted molar refractivity (Wildman–Crippen MR) is 82.9 cm³/mol. The standard InChI is InChI=1S/C16H18BrN/c1-3-18(15-10-6-4-8-13(15)2)16-11-7-5-9-14(16)12-17/h4-11H,3,12H2,1-2H3. The zero-order valence-corrected chi connectivity index (χ0v) is 12.4. The highest BCUT2D eigenvalue weighted by molar-refractivity contribution is 9.08. The van der Waals surface area contributed by atoms with Crippen LogP contribution in [0.3, 0.4) is 0 Å². The van der Waals surface area contributed by atoms with Crippen LogP contribution in [0.1, 0.15) is 18.1 Å². The Kier molecular flexibility index (Phi) is 4.43. The largest absolute Gasteiger partial charge is 0.341 e. The van der Waals surface area contributed by atoms with Crippen molar-refractivity contribution in [1.82, 2.24) is 0 Å². The highest BCUT2D eigenvalue weighted by Crippen LogP contribution is 2.31. The molecule has 2 heteroatoms. The molecule has 0 spiro atoms. The highest BCUT2D eigenvalue weighted by Gasteiger charge is 2.12. The Morgan fingerprint density at radius 2 is 1.56 bits per heavy atom. The molecule has 0 heterocycles. The lowest BCUT2D eigenvalue weighted by Gasteiger charge is -2.27. The van der Waals surface area contributed by atoms with Gasteiger partial charge >= 0.3 is 0 Å². The SMILES string of the molecule is CCN(c1ccccc1C)c1ccccc1CBr. The predicted octanol–water partition coefficient (Wildman–Crippen LogP) is 5.05. The molecular weight excluding hydrogens is 286 g/mol. The van der Waals surface area contributed by atoms with Gasteiger partial charge in [0.15, 0.2) is 0 Å². The van der Waals surface area contributed by atoms with E-state index < -0.39 is 0 Å². The number of alkyl halides is 1. The molecule has 18 heavy (non-hydrogen) atoms. The Balaban J connectivity index is 2.49. The highest BCUT2D eigenvalue weighted by atomic mass is 79.9. The second kappa shape index (κ2) is 6.05. The van der Waals surface area contributed by atoms with Crippen LogP contribution in [-0.4, -0.2) is 6.54 Å². The monoisotopic (exact) mass is 303 g/mol. The van der Waals surface area contributed by atoms with Crippen LogP contribution >= 0.6 is 15.9 Å². The van der Waals surface area contributed by atoms with Crippen LogP contribution in [0.2, 0.25) is 0 Å². The van der Waals surface area contributed by atoms with E-state index in [2.05, 4.69) is 83.2 Å². The summed E-state index contributed by atoms with van der Waals surface area (Å²) < 4.78 is 0. The van der Waals surface area contributed by atoms with Gasteiger partial charge < -0.3 is 4.90 Å². The molecule has 0 unspecified atom stereocenters. The van der Waals surface area contributed by atoms with E-state index in [-0.39, 0.29) is 0 Å². The van der Waals surface area contributed by atoms with Crippen LogP contribution in [0.5, 0.6) is 0 Å². The number of hydrogen-bond donors (Lipinski definition) is 0. The third kappa shape index (κ3) is 2.59. The Labute approximate surface area is 118 Å². The second-order valence-electron chi connectivity index (χ2n) is 4.29. The van der Waals surface area contributed by atoms with Crippen LogP contribution in [-0.2, 0) is 5.33 Å². The molecule has 0 radical (unpaired) electrons. The van der Waals surface area contributed by atoms with Crippen molar-refractivity contribution in [2.24, 2.45) is 0 Å². The second-order valence-corrected chi connectivity index (χ2v) is 4.85. The van der Waals surface area contributed by atoms with Gasteiger partial charge in [0.2, 0.25) is 0 Å². The zero-order valence-electron chi connectivity index (χ0n) is 10.9. The fraction of sp³-hybridized carbons (Fsp3) is 0.250. The summed E-state index contributed by atoms with van der Waals surface area (Å²) in [4.78, 5) is 2.37. The topological polar surface area (TPSA) is 3.24 Å². The van der Waals surface area contributed by atoms with Gasteiger partial charge in [-0.3, -0.25) is 0 Å². The number of halogens is 1. The lowest BCUT2D eigenvalue weighted by Crippen LogP contribution is -2.18. The summed E-state index contributed by atoms with van der Waals surface area (Å²) in [5.74, 6) is 0. The molecular formula is C16H18BrN. The van der Waals surface area contributed by atoms with Crippen molar-refractivity contribution in [3.63, 3.8) is 0 Å². The number of para-hydroxylation sites is 2. The van der Waals surface area contributed by atoms with E-state index in [1.165, 1.54) is 22.5 Å². The Morgan fingerprint density at radius 3 is 2.17 bits per heavy atom. The Bertz CT molecular complexity index is 522. The van der Waals surface area contributed by atoms with Gasteiger partial charge in [-0.2, -0.15) is 0 Å². The fourth-order valence-corrected chi connectivity index (χ4v) is 2.70. The van der Waals surface area contributed by atoms with E-state index in [1.54, 1.807) is 0 Å². The third-order valence-corrected chi connectivity index (χ3v) is 3.75. The summed E-state index contributed by atoms with van der Waals surface area (Å²) in [6.07, 6.45) is 0. The zero-order chi connectivity index (χ0) is 13.0. The molecule has 0 aliphatic carbocycles. The summed E-state index contributed by atoms with van der Waals surface area (Å²) in [5, 5.41) is 0.881. The smallest absolute Gasteiger partial charge is 0.0451 e. The lowest BCUT2D eigenvalue weighted by atomic mass is 10.1. The number of nitrogens with zero attached hydrogens (tertiary/aromatic N) is 1. The van der Waals surface area contributed by atoms with Gasteiger partial charge in [0, 0.05) is 23.2 Å². The van der Waals surface area contributed by atoms with Crippen LogP contribution in [0.25, 0.3) is 0 Å². The van der Waals surface area contributed by atoms with Crippen LogP contribution in [0.4, 0.5) is 11.4 Å². The summed E-state index contributed by atoms with van der Waals surface area (Å²) in [6, 6.07) is 17.1. The van der Waals surface area contributed by atoms with E-state index in [0.29, 0.717) is 0 Å². The van der Waals surface area contributed by atoms with Crippen LogP contribution in [0, 0.1) is 6.92 Å². The number of hydrogen-bond acceptors (Lipinski definition) is 1. The molecule has 2 aromatic carbocycles. The van der Waals surface area contributed by atoms with E-state index in [9.17, 15) is 0 Å². The lowest BCUT2D eigenvalue weighted by molar-refractivity contribution is 1.01. The van der Waals surface area contributed by atoms with Gasteiger partial charge in [0.1, 0.15) is 0 Å². The maximum atomic E-state index is 3.57. The normalized spacial score (nSPS) is 10.4. The molecule has 2 aromatic rings. The third-order valence-electron chi connectivity index (χ3n) is 3.15. The fourth-order valence-electron chi connectivity index (χ4n) is 2.22. The first-order chi connectivity index (χ1) is 8.77. The van der Waals surface area contributed by atoms with Crippen LogP contribution in [0.15, 0.2) is 48.5 Å². The van der Waals surface area contributed by atoms with E-state index in [1.807, 2.05) is 0 Å². The van der Waals surface area contributed by atoms with Crippen molar-refractivity contribution < 1.29 is 0 Å². The number of benzene rings is 2.